The van der Waals surface area contributed by atoms with Gasteiger partial charge in [-0.3, -0.25) is 4.79 Å². The number of benzene rings is 2. The molecule has 2 N–H and O–H groups in total. The largest absolute Gasteiger partial charge is 0.480 e. The Morgan fingerprint density at radius 1 is 1.03 bits per heavy atom. The van der Waals surface area contributed by atoms with Gasteiger partial charge in [0.25, 0.3) is 5.91 Å². The number of hydrogen-bond donors (Lipinski definition) is 2. The van der Waals surface area contributed by atoms with Crippen molar-refractivity contribution in [1.82, 2.24) is 10.2 Å². The first kappa shape index (κ1) is 22.4. The van der Waals surface area contributed by atoms with Crippen molar-refractivity contribution in [3.8, 4) is 11.1 Å². The summed E-state index contributed by atoms with van der Waals surface area (Å²) < 4.78 is 16.4. The van der Waals surface area contributed by atoms with Gasteiger partial charge in [0.1, 0.15) is 13.2 Å². The molecule has 5 rings (SSSR count). The molecule has 2 atom stereocenters. The Balaban J connectivity index is 1.15. The normalized spacial score (nSPS) is 21.5. The Bertz CT molecular complexity index is 1050. The maximum Gasteiger partial charge on any atom is 0.407 e. The first-order valence-electron chi connectivity index (χ1n) is 11.4. The zero-order valence-electron chi connectivity index (χ0n) is 18.5. The summed E-state index contributed by atoms with van der Waals surface area (Å²) >= 11 is 0. The summed E-state index contributed by atoms with van der Waals surface area (Å²) in [7, 11) is 0. The molecule has 178 valence electrons. The number of likely N-dealkylation sites (tertiary alicyclic amines) is 1. The van der Waals surface area contributed by atoms with Crippen molar-refractivity contribution in [2.45, 2.75) is 30.6 Å². The van der Waals surface area contributed by atoms with E-state index in [1.807, 2.05) is 24.3 Å². The summed E-state index contributed by atoms with van der Waals surface area (Å²) in [5.41, 5.74) is 4.57. The number of ether oxygens (including phenoxy) is 3. The van der Waals surface area contributed by atoms with E-state index >= 15 is 0 Å². The average Bonchev–Trinajstić information content (AvgIpc) is 3.39. The number of carboxylic acids is 1. The van der Waals surface area contributed by atoms with Crippen molar-refractivity contribution in [3.05, 3.63) is 59.7 Å². The molecule has 0 spiro atoms. The van der Waals surface area contributed by atoms with Gasteiger partial charge in [0.2, 0.25) is 0 Å². The maximum absolute atomic E-state index is 12.8. The molecule has 2 aromatic rings. The fourth-order valence-electron chi connectivity index (χ4n) is 4.86. The van der Waals surface area contributed by atoms with Gasteiger partial charge in [-0.05, 0) is 28.7 Å². The minimum Gasteiger partial charge on any atom is -0.480 e. The number of fused-ring (bicyclic) bond motifs is 3. The fraction of sp³-hybridized carbons (Fsp3) is 0.400. The third kappa shape index (κ3) is 4.36. The number of carbonyl (C=O) groups excluding carboxylic acids is 2. The smallest absolute Gasteiger partial charge is 0.407 e. The van der Waals surface area contributed by atoms with Crippen LogP contribution in [0.5, 0.6) is 0 Å². The summed E-state index contributed by atoms with van der Waals surface area (Å²) in [5, 5.41) is 11.5. The SMILES string of the molecule is O=C(O)COC1CN(C(=O)[C@@H]2OCC[C@@H]2NC(=O)OCC2c3ccccc3-c3ccccc32)C1. The molecule has 2 fully saturated rings. The van der Waals surface area contributed by atoms with Crippen LogP contribution in [0.15, 0.2) is 48.5 Å². The van der Waals surface area contributed by atoms with E-state index in [0.29, 0.717) is 26.1 Å². The molecule has 2 saturated heterocycles. The molecule has 2 aromatic carbocycles. The van der Waals surface area contributed by atoms with Crippen molar-refractivity contribution < 1.29 is 33.7 Å². The van der Waals surface area contributed by atoms with Crippen LogP contribution >= 0.6 is 0 Å². The number of hydrogen-bond acceptors (Lipinski definition) is 6. The lowest BCUT2D eigenvalue weighted by molar-refractivity contribution is -0.160. The molecule has 1 aliphatic carbocycles. The highest BCUT2D eigenvalue weighted by Gasteiger charge is 2.42. The minimum absolute atomic E-state index is 0.0424. The van der Waals surface area contributed by atoms with E-state index in [1.54, 1.807) is 4.90 Å². The monoisotopic (exact) mass is 466 g/mol. The first-order valence-corrected chi connectivity index (χ1v) is 11.4. The molecule has 0 aromatic heterocycles. The van der Waals surface area contributed by atoms with Gasteiger partial charge in [0.15, 0.2) is 6.10 Å². The molecule has 9 nitrogen and oxygen atoms in total. The van der Waals surface area contributed by atoms with Gasteiger partial charge >= 0.3 is 12.1 Å². The molecule has 0 bridgehead atoms. The summed E-state index contributed by atoms with van der Waals surface area (Å²) in [6, 6.07) is 15.8. The van der Waals surface area contributed by atoms with Crippen molar-refractivity contribution >= 4 is 18.0 Å². The number of nitrogens with one attached hydrogen (secondary N) is 1. The molecule has 3 aliphatic rings. The van der Waals surface area contributed by atoms with Crippen LogP contribution in [0.3, 0.4) is 0 Å². The molecule has 2 heterocycles. The Hall–Kier alpha value is -3.43. The van der Waals surface area contributed by atoms with Crippen LogP contribution in [-0.4, -0.2) is 79.1 Å². The Morgan fingerprint density at radius 2 is 1.68 bits per heavy atom. The topological polar surface area (TPSA) is 114 Å². The van der Waals surface area contributed by atoms with Gasteiger partial charge in [-0.15, -0.1) is 0 Å². The molecule has 0 unspecified atom stereocenters. The zero-order valence-corrected chi connectivity index (χ0v) is 18.5. The van der Waals surface area contributed by atoms with E-state index in [2.05, 4.69) is 29.6 Å². The van der Waals surface area contributed by atoms with Crippen LogP contribution in [0.1, 0.15) is 23.5 Å². The van der Waals surface area contributed by atoms with Crippen molar-refractivity contribution in [2.24, 2.45) is 0 Å². The average molecular weight is 466 g/mol. The number of amides is 2. The lowest BCUT2D eigenvalue weighted by Crippen LogP contribution is -2.60. The lowest BCUT2D eigenvalue weighted by Gasteiger charge is -2.40. The van der Waals surface area contributed by atoms with Gasteiger partial charge < -0.3 is 29.5 Å². The van der Waals surface area contributed by atoms with Gasteiger partial charge in [-0.2, -0.15) is 0 Å². The van der Waals surface area contributed by atoms with Crippen LogP contribution in [0.25, 0.3) is 11.1 Å². The highest BCUT2D eigenvalue weighted by Crippen LogP contribution is 2.44. The van der Waals surface area contributed by atoms with Crippen LogP contribution in [0, 0.1) is 0 Å². The molecule has 2 aliphatic heterocycles. The number of alkyl carbamates (subject to hydrolysis) is 1. The van der Waals surface area contributed by atoms with E-state index in [-0.39, 0.29) is 24.5 Å². The minimum atomic E-state index is -1.05. The third-order valence-corrected chi connectivity index (χ3v) is 6.58. The zero-order chi connectivity index (χ0) is 23.7. The summed E-state index contributed by atoms with van der Waals surface area (Å²) in [5.74, 6) is -1.33. The van der Waals surface area contributed by atoms with Crippen LogP contribution in [0.4, 0.5) is 4.79 Å². The van der Waals surface area contributed by atoms with E-state index < -0.39 is 30.8 Å². The number of aliphatic carboxylic acids is 1. The Morgan fingerprint density at radius 3 is 2.32 bits per heavy atom. The number of nitrogens with zero attached hydrogens (tertiary/aromatic N) is 1. The molecule has 2 amide bonds. The summed E-state index contributed by atoms with van der Waals surface area (Å²) in [4.78, 5) is 37.5. The quantitative estimate of drug-likeness (QED) is 0.641. The number of carboxylic acid groups (broad SMARTS) is 1. The molecule has 0 saturated carbocycles. The van der Waals surface area contributed by atoms with Crippen molar-refractivity contribution in [2.75, 3.05) is 32.9 Å². The second kappa shape index (κ2) is 9.44. The Kier molecular flexibility index (Phi) is 6.21. The fourth-order valence-corrected chi connectivity index (χ4v) is 4.86. The lowest BCUT2D eigenvalue weighted by atomic mass is 9.98. The standard InChI is InChI=1S/C25H26N2O7/c28-22(29)14-33-15-11-27(12-15)24(30)23-21(9-10-32-23)26-25(31)34-13-20-18-7-3-1-5-16(18)17-6-2-4-8-19(17)20/h1-8,15,20-21,23H,9-14H2,(H,26,31)(H,28,29)/t21-,23+/m0/s1. The molecule has 34 heavy (non-hydrogen) atoms. The third-order valence-electron chi connectivity index (χ3n) is 6.58. The summed E-state index contributed by atoms with van der Waals surface area (Å²) in [6.45, 7) is 0.782. The van der Waals surface area contributed by atoms with Gasteiger partial charge in [-0.25, -0.2) is 9.59 Å². The Labute approximate surface area is 196 Å². The van der Waals surface area contributed by atoms with E-state index in [4.69, 9.17) is 19.3 Å². The highest BCUT2D eigenvalue weighted by molar-refractivity contribution is 5.84. The van der Waals surface area contributed by atoms with E-state index in [1.165, 1.54) is 0 Å². The number of rotatable bonds is 7. The van der Waals surface area contributed by atoms with E-state index in [9.17, 15) is 14.4 Å². The second-order valence-corrected chi connectivity index (χ2v) is 8.73. The first-order chi connectivity index (χ1) is 16.5. The second-order valence-electron chi connectivity index (χ2n) is 8.73. The van der Waals surface area contributed by atoms with Crippen LogP contribution in [-0.2, 0) is 23.8 Å². The molecule has 0 radical (unpaired) electrons. The highest BCUT2D eigenvalue weighted by atomic mass is 16.6. The maximum atomic E-state index is 12.8. The predicted octanol–water partition coefficient (Wildman–Crippen LogP) is 1.99. The molecular formula is C25H26N2O7. The van der Waals surface area contributed by atoms with Crippen LogP contribution < -0.4 is 5.32 Å². The van der Waals surface area contributed by atoms with Gasteiger partial charge in [0, 0.05) is 25.6 Å². The van der Waals surface area contributed by atoms with Crippen LogP contribution in [0.2, 0.25) is 0 Å². The molecular weight excluding hydrogens is 440 g/mol. The van der Waals surface area contributed by atoms with Gasteiger partial charge in [0.05, 0.1) is 12.1 Å². The predicted molar refractivity (Wildman–Crippen MR) is 120 cm³/mol. The summed E-state index contributed by atoms with van der Waals surface area (Å²) in [6.07, 6.45) is -1.16. The van der Waals surface area contributed by atoms with E-state index in [0.717, 1.165) is 22.3 Å². The number of carbonyl (C=O) groups is 3. The molecule has 9 heteroatoms. The van der Waals surface area contributed by atoms with Crippen molar-refractivity contribution in [3.63, 3.8) is 0 Å². The van der Waals surface area contributed by atoms with Gasteiger partial charge in [-0.1, -0.05) is 48.5 Å². The van der Waals surface area contributed by atoms with Crippen molar-refractivity contribution in [1.29, 1.82) is 0 Å².